The van der Waals surface area contributed by atoms with Gasteiger partial charge in [0, 0.05) is 156 Å². The van der Waals surface area contributed by atoms with Gasteiger partial charge in [0.2, 0.25) is 11.8 Å². The minimum atomic E-state index is -0.607. The minimum absolute atomic E-state index is 0.00867. The van der Waals surface area contributed by atoms with Crippen molar-refractivity contribution in [2.45, 2.75) is 40.5 Å². The van der Waals surface area contributed by atoms with Gasteiger partial charge in [-0.3, -0.25) is 9.59 Å². The van der Waals surface area contributed by atoms with E-state index in [2.05, 4.69) is 53.2 Å². The number of carbonyl (C=O) groups is 2. The quantitative estimate of drug-likeness (QED) is 0.0322. The summed E-state index contributed by atoms with van der Waals surface area (Å²) in [6.45, 7) is 26.0. The topological polar surface area (TPSA) is 184 Å². The Morgan fingerprint density at radius 2 is 0.870 bits per heavy atom. The third-order valence-corrected chi connectivity index (χ3v) is 8.09. The molecule has 0 aliphatic rings. The smallest absolute Gasteiger partial charge is 0.228 e. The van der Waals surface area contributed by atoms with Crippen LogP contribution in [-0.4, -0.2) is 162 Å². The summed E-state index contributed by atoms with van der Waals surface area (Å²) >= 11 is 0. The molecule has 0 bridgehead atoms. The van der Waals surface area contributed by atoms with E-state index in [4.69, 9.17) is 5.73 Å². The van der Waals surface area contributed by atoms with Gasteiger partial charge in [-0.2, -0.15) is 0 Å². The van der Waals surface area contributed by atoms with E-state index < -0.39 is 10.8 Å². The predicted octanol–water partition coefficient (Wildman–Crippen LogP) is -2.71. The van der Waals surface area contributed by atoms with Crippen LogP contribution in [0, 0.1) is 10.8 Å². The maximum atomic E-state index is 13.1. The molecule has 14 nitrogen and oxygen atoms in total. The fourth-order valence-electron chi connectivity index (χ4n) is 5.22. The summed E-state index contributed by atoms with van der Waals surface area (Å²) < 4.78 is 0. The van der Waals surface area contributed by atoms with Gasteiger partial charge in [0.25, 0.3) is 0 Å². The number of nitrogens with zero attached hydrogens (tertiary/aromatic N) is 1. The summed E-state index contributed by atoms with van der Waals surface area (Å²) in [6.07, 6.45) is 1.21. The van der Waals surface area contributed by atoms with Crippen LogP contribution in [0.5, 0.6) is 0 Å². The molecule has 2 amide bonds. The lowest BCUT2D eigenvalue weighted by Crippen LogP contribution is -2.47. The second kappa shape index (κ2) is 29.7. The fourth-order valence-corrected chi connectivity index (χ4v) is 5.22. The van der Waals surface area contributed by atoms with Crippen molar-refractivity contribution in [2.24, 2.45) is 16.6 Å². The Hall–Kier alpha value is -1.46. The van der Waals surface area contributed by atoms with E-state index in [-0.39, 0.29) is 11.8 Å². The lowest BCUT2D eigenvalue weighted by Gasteiger charge is -2.37. The van der Waals surface area contributed by atoms with Crippen LogP contribution in [0.4, 0.5) is 0 Å². The van der Waals surface area contributed by atoms with Gasteiger partial charge in [-0.05, 0) is 12.8 Å². The van der Waals surface area contributed by atoms with Gasteiger partial charge < -0.3 is 63.8 Å². The molecule has 12 N–H and O–H groups in total. The van der Waals surface area contributed by atoms with Crippen molar-refractivity contribution in [3.63, 3.8) is 0 Å². The third-order valence-electron chi connectivity index (χ3n) is 8.09. The Bertz CT molecular complexity index is 731. The van der Waals surface area contributed by atoms with E-state index >= 15 is 0 Å². The number of hydrogen-bond acceptors (Lipinski definition) is 12. The summed E-state index contributed by atoms with van der Waals surface area (Å²) in [5.74, 6) is 0.0637. The van der Waals surface area contributed by atoms with Gasteiger partial charge in [0.05, 0.1) is 0 Å². The van der Waals surface area contributed by atoms with Crippen LogP contribution in [0.3, 0.4) is 0 Å². The van der Waals surface area contributed by atoms with E-state index in [1.165, 1.54) is 0 Å². The molecule has 46 heavy (non-hydrogen) atoms. The number of amides is 2. The van der Waals surface area contributed by atoms with Crippen LogP contribution in [0.25, 0.3) is 0 Å². The van der Waals surface area contributed by atoms with E-state index in [9.17, 15) is 9.59 Å². The molecule has 0 radical (unpaired) electrons. The number of nitrogens with one attached hydrogen (secondary N) is 10. The van der Waals surface area contributed by atoms with Crippen molar-refractivity contribution in [3.8, 4) is 0 Å². The van der Waals surface area contributed by atoms with E-state index in [1.807, 2.05) is 34.7 Å². The Labute approximate surface area is 281 Å². The van der Waals surface area contributed by atoms with Crippen molar-refractivity contribution in [3.05, 3.63) is 0 Å². The van der Waals surface area contributed by atoms with Crippen molar-refractivity contribution in [2.75, 3.05) is 145 Å². The average Bonchev–Trinajstić information content (AvgIpc) is 3.04. The molecule has 0 saturated heterocycles. The number of likely N-dealkylation sites (N-methyl/N-ethyl adjacent to an activating group) is 1. The molecule has 0 aromatic heterocycles. The number of carbonyl (C=O) groups excluding carboxylic acids is 2. The molecule has 0 spiro atoms. The molecule has 0 fully saturated rings. The van der Waals surface area contributed by atoms with Gasteiger partial charge in [-0.25, -0.2) is 0 Å². The molecule has 0 aromatic rings. The van der Waals surface area contributed by atoms with Gasteiger partial charge in [0.15, 0.2) is 0 Å². The van der Waals surface area contributed by atoms with Crippen LogP contribution in [0.15, 0.2) is 0 Å². The van der Waals surface area contributed by atoms with E-state index in [1.54, 1.807) is 11.9 Å². The van der Waals surface area contributed by atoms with Crippen LogP contribution in [0.2, 0.25) is 0 Å². The van der Waals surface area contributed by atoms with Gasteiger partial charge in [0.1, 0.15) is 0 Å². The molecule has 1 atom stereocenters. The van der Waals surface area contributed by atoms with Crippen molar-refractivity contribution < 1.29 is 9.59 Å². The normalized spacial score (nSPS) is 13.1. The standard InChI is InChI=1S/C32H74N12O2/c1-7-32(4,29(45)34-5)28-31(2,3)30(46)44(6)27-26-43-25-24-42-23-22-41-21-20-40-19-18-39-17-16-38-15-14-37-13-12-36-11-10-35-9-8-33/h35-43H,7-28,33H2,1-6H3,(H,34,45). The molecule has 0 saturated carbocycles. The first kappa shape index (κ1) is 44.5. The first-order valence-electron chi connectivity index (χ1n) is 17.7. The average molecular weight is 659 g/mol. The van der Waals surface area contributed by atoms with Gasteiger partial charge in [-0.15, -0.1) is 0 Å². The first-order chi connectivity index (χ1) is 22.1. The highest BCUT2D eigenvalue weighted by molar-refractivity contribution is 5.85. The highest BCUT2D eigenvalue weighted by Gasteiger charge is 2.41. The highest BCUT2D eigenvalue weighted by Crippen LogP contribution is 2.37. The maximum absolute atomic E-state index is 13.1. The Kier molecular flexibility index (Phi) is 28.7. The van der Waals surface area contributed by atoms with Crippen molar-refractivity contribution in [1.29, 1.82) is 0 Å². The molecule has 0 aromatic carbocycles. The highest BCUT2D eigenvalue weighted by atomic mass is 16.2. The van der Waals surface area contributed by atoms with E-state index in [0.29, 0.717) is 25.9 Å². The SMILES string of the molecule is CCC(C)(CC(C)(C)C(=O)N(C)CCNCCNCCNCCNCCNCCNCCNCCNCCNCCN)C(=O)NC. The fraction of sp³-hybridized carbons (Fsp3) is 0.938. The molecule has 0 aliphatic carbocycles. The zero-order valence-electron chi connectivity index (χ0n) is 30.4. The third kappa shape index (κ3) is 23.8. The first-order valence-corrected chi connectivity index (χ1v) is 17.7. The molecule has 14 heteroatoms. The lowest BCUT2D eigenvalue weighted by molar-refractivity contribution is -0.143. The van der Waals surface area contributed by atoms with E-state index in [0.717, 1.165) is 118 Å². The molecule has 274 valence electrons. The second-order valence-corrected chi connectivity index (χ2v) is 12.8. The largest absolute Gasteiger partial charge is 0.359 e. The Morgan fingerprint density at radius 1 is 0.565 bits per heavy atom. The summed E-state index contributed by atoms with van der Waals surface area (Å²) in [7, 11) is 3.50. The van der Waals surface area contributed by atoms with Crippen LogP contribution in [-0.2, 0) is 9.59 Å². The van der Waals surface area contributed by atoms with Crippen LogP contribution >= 0.6 is 0 Å². The zero-order chi connectivity index (χ0) is 34.4. The van der Waals surface area contributed by atoms with Crippen LogP contribution < -0.4 is 58.9 Å². The molecular formula is C32H74N12O2. The van der Waals surface area contributed by atoms with Gasteiger partial charge >= 0.3 is 0 Å². The minimum Gasteiger partial charge on any atom is -0.359 e. The maximum Gasteiger partial charge on any atom is 0.228 e. The summed E-state index contributed by atoms with van der Waals surface area (Å²) in [5.41, 5.74) is 4.28. The zero-order valence-corrected chi connectivity index (χ0v) is 30.4. The molecule has 1 unspecified atom stereocenters. The lowest BCUT2D eigenvalue weighted by atomic mass is 9.71. The Balaban J connectivity index is 3.48. The number of rotatable bonds is 34. The summed E-state index contributed by atoms with van der Waals surface area (Å²) in [4.78, 5) is 27.2. The summed E-state index contributed by atoms with van der Waals surface area (Å²) in [5, 5.41) is 33.5. The number of nitrogens with two attached hydrogens (primary N) is 1. The van der Waals surface area contributed by atoms with Crippen molar-refractivity contribution >= 4 is 11.8 Å². The predicted molar refractivity (Wildman–Crippen MR) is 193 cm³/mol. The Morgan fingerprint density at radius 3 is 1.15 bits per heavy atom. The van der Waals surface area contributed by atoms with Gasteiger partial charge in [-0.1, -0.05) is 27.7 Å². The molecule has 0 aliphatic heterocycles. The number of hydrogen-bond donors (Lipinski definition) is 11. The van der Waals surface area contributed by atoms with Crippen molar-refractivity contribution in [1.82, 2.24) is 58.1 Å². The molecule has 0 rings (SSSR count). The summed E-state index contributed by atoms with van der Waals surface area (Å²) in [6, 6.07) is 0. The van der Waals surface area contributed by atoms with Crippen LogP contribution in [0.1, 0.15) is 40.5 Å². The molecular weight excluding hydrogens is 584 g/mol. The monoisotopic (exact) mass is 659 g/mol. The second-order valence-electron chi connectivity index (χ2n) is 12.8. The molecule has 0 heterocycles.